The summed E-state index contributed by atoms with van der Waals surface area (Å²) in [6, 6.07) is 8.35. The van der Waals surface area contributed by atoms with Crippen LogP contribution in [0.4, 0.5) is 4.79 Å². The molecule has 0 unspecified atom stereocenters. The second-order valence-electron chi connectivity index (χ2n) is 6.98. The summed E-state index contributed by atoms with van der Waals surface area (Å²) in [6.45, 7) is 2.02. The maximum absolute atomic E-state index is 12.9. The summed E-state index contributed by atoms with van der Waals surface area (Å²) in [7, 11) is 0. The van der Waals surface area contributed by atoms with Crippen LogP contribution in [0.5, 0.6) is 0 Å². The first kappa shape index (κ1) is 14.5. The first-order valence-corrected chi connectivity index (χ1v) is 8.48. The molecule has 0 radical (unpaired) electrons. The lowest BCUT2D eigenvalue weighted by atomic mass is 9.95. The molecule has 2 heterocycles. The number of ether oxygens (including phenoxy) is 1. The highest BCUT2D eigenvalue weighted by Gasteiger charge is 2.42. The number of rotatable bonds is 1. The SMILES string of the molecule is O=C1NC[C@]2(CCCN(C(=O)C3Cc4ccccc4C3)CC2)O1. The van der Waals surface area contributed by atoms with E-state index in [1.807, 2.05) is 17.0 Å². The van der Waals surface area contributed by atoms with E-state index in [2.05, 4.69) is 17.4 Å². The molecule has 0 aromatic heterocycles. The van der Waals surface area contributed by atoms with E-state index in [1.54, 1.807) is 0 Å². The van der Waals surface area contributed by atoms with Gasteiger partial charge in [-0.2, -0.15) is 0 Å². The molecule has 1 spiro atoms. The molecular weight excluding hydrogens is 292 g/mol. The molecule has 2 amide bonds. The molecule has 5 nitrogen and oxygen atoms in total. The second-order valence-corrected chi connectivity index (χ2v) is 6.98. The maximum atomic E-state index is 12.9. The average molecular weight is 314 g/mol. The molecule has 5 heteroatoms. The van der Waals surface area contributed by atoms with Gasteiger partial charge in [-0.25, -0.2) is 4.79 Å². The van der Waals surface area contributed by atoms with Gasteiger partial charge in [0, 0.05) is 25.4 Å². The number of alkyl carbamates (subject to hydrolysis) is 1. The van der Waals surface area contributed by atoms with Crippen LogP contribution < -0.4 is 5.32 Å². The van der Waals surface area contributed by atoms with Crippen LogP contribution in [-0.2, 0) is 22.4 Å². The fraction of sp³-hybridized carbons (Fsp3) is 0.556. The number of amides is 2. The summed E-state index contributed by atoms with van der Waals surface area (Å²) in [6.07, 6.45) is 3.84. The minimum absolute atomic E-state index is 0.0747. The van der Waals surface area contributed by atoms with Crippen molar-refractivity contribution in [3.05, 3.63) is 35.4 Å². The van der Waals surface area contributed by atoms with Crippen LogP contribution in [0, 0.1) is 5.92 Å². The monoisotopic (exact) mass is 314 g/mol. The van der Waals surface area contributed by atoms with Crippen LogP contribution in [-0.4, -0.2) is 42.1 Å². The van der Waals surface area contributed by atoms with Crippen LogP contribution >= 0.6 is 0 Å². The Kier molecular flexibility index (Phi) is 3.51. The van der Waals surface area contributed by atoms with E-state index in [-0.39, 0.29) is 17.9 Å². The topological polar surface area (TPSA) is 58.6 Å². The summed E-state index contributed by atoms with van der Waals surface area (Å²) in [5.74, 6) is 0.334. The van der Waals surface area contributed by atoms with Gasteiger partial charge in [0.1, 0.15) is 5.60 Å². The smallest absolute Gasteiger partial charge is 0.407 e. The lowest BCUT2D eigenvalue weighted by Crippen LogP contribution is -2.39. The third kappa shape index (κ3) is 2.69. The molecule has 1 N–H and O–H groups in total. The van der Waals surface area contributed by atoms with Crippen molar-refractivity contribution >= 4 is 12.0 Å². The Hall–Kier alpha value is -2.04. The average Bonchev–Trinajstić information content (AvgIpc) is 3.07. The van der Waals surface area contributed by atoms with Crippen molar-refractivity contribution in [2.24, 2.45) is 5.92 Å². The Labute approximate surface area is 136 Å². The highest BCUT2D eigenvalue weighted by atomic mass is 16.6. The van der Waals surface area contributed by atoms with Crippen molar-refractivity contribution < 1.29 is 14.3 Å². The summed E-state index contributed by atoms with van der Waals surface area (Å²) in [4.78, 5) is 26.2. The molecular formula is C18H22N2O3. The third-order valence-electron chi connectivity index (χ3n) is 5.47. The lowest BCUT2D eigenvalue weighted by Gasteiger charge is -2.26. The predicted octanol–water partition coefficient (Wildman–Crippen LogP) is 1.89. The largest absolute Gasteiger partial charge is 0.441 e. The Morgan fingerprint density at radius 1 is 1.17 bits per heavy atom. The number of likely N-dealkylation sites (tertiary alicyclic amines) is 1. The lowest BCUT2D eigenvalue weighted by molar-refractivity contribution is -0.135. The molecule has 2 fully saturated rings. The Morgan fingerprint density at radius 2 is 1.91 bits per heavy atom. The van der Waals surface area contributed by atoms with E-state index in [4.69, 9.17) is 4.74 Å². The number of hydrogen-bond donors (Lipinski definition) is 1. The summed E-state index contributed by atoms with van der Waals surface area (Å²) >= 11 is 0. The standard InChI is InChI=1S/C18H22N2O3/c21-16(15-10-13-4-1-2-5-14(13)11-15)20-8-3-6-18(7-9-20)12-19-17(22)23-18/h1-2,4-5,15H,3,6-12H2,(H,19,22)/t18-/m1/s1. The molecule has 23 heavy (non-hydrogen) atoms. The van der Waals surface area contributed by atoms with E-state index < -0.39 is 5.60 Å². The normalized spacial score (nSPS) is 27.5. The Bertz CT molecular complexity index is 620. The molecule has 1 aromatic carbocycles. The van der Waals surface area contributed by atoms with Crippen molar-refractivity contribution in [3.8, 4) is 0 Å². The quantitative estimate of drug-likeness (QED) is 0.861. The number of carbonyl (C=O) groups excluding carboxylic acids is 2. The summed E-state index contributed by atoms with van der Waals surface area (Å²) in [5, 5.41) is 2.75. The highest BCUT2D eigenvalue weighted by Crippen LogP contribution is 2.32. The fourth-order valence-corrected chi connectivity index (χ4v) is 4.16. The zero-order valence-corrected chi connectivity index (χ0v) is 13.2. The zero-order valence-electron chi connectivity index (χ0n) is 13.2. The molecule has 2 saturated heterocycles. The van der Waals surface area contributed by atoms with Gasteiger partial charge in [-0.1, -0.05) is 24.3 Å². The van der Waals surface area contributed by atoms with Crippen molar-refractivity contribution in [2.45, 2.75) is 37.7 Å². The van der Waals surface area contributed by atoms with Crippen LogP contribution in [0.15, 0.2) is 24.3 Å². The van der Waals surface area contributed by atoms with Crippen LogP contribution in [0.1, 0.15) is 30.4 Å². The number of carbonyl (C=O) groups is 2. The number of fused-ring (bicyclic) bond motifs is 1. The molecule has 0 bridgehead atoms. The molecule has 4 rings (SSSR count). The van der Waals surface area contributed by atoms with Gasteiger partial charge in [-0.3, -0.25) is 4.79 Å². The number of hydrogen-bond acceptors (Lipinski definition) is 3. The fourth-order valence-electron chi connectivity index (χ4n) is 4.16. The van der Waals surface area contributed by atoms with Gasteiger partial charge < -0.3 is 15.0 Å². The third-order valence-corrected chi connectivity index (χ3v) is 5.47. The van der Waals surface area contributed by atoms with Gasteiger partial charge in [0.05, 0.1) is 6.54 Å². The number of benzene rings is 1. The van der Waals surface area contributed by atoms with E-state index in [9.17, 15) is 9.59 Å². The first-order valence-electron chi connectivity index (χ1n) is 8.48. The van der Waals surface area contributed by atoms with Crippen LogP contribution in [0.2, 0.25) is 0 Å². The van der Waals surface area contributed by atoms with E-state index in [0.717, 1.165) is 38.6 Å². The predicted molar refractivity (Wildman–Crippen MR) is 85.0 cm³/mol. The summed E-state index contributed by atoms with van der Waals surface area (Å²) in [5.41, 5.74) is 2.22. The van der Waals surface area contributed by atoms with E-state index >= 15 is 0 Å². The van der Waals surface area contributed by atoms with Crippen molar-refractivity contribution in [1.29, 1.82) is 0 Å². The van der Waals surface area contributed by atoms with Gasteiger partial charge >= 0.3 is 6.09 Å². The van der Waals surface area contributed by atoms with Crippen LogP contribution in [0.25, 0.3) is 0 Å². The zero-order chi connectivity index (χ0) is 15.9. The van der Waals surface area contributed by atoms with Gasteiger partial charge in [0.15, 0.2) is 0 Å². The summed E-state index contributed by atoms with van der Waals surface area (Å²) < 4.78 is 5.49. The molecule has 122 valence electrons. The van der Waals surface area contributed by atoms with E-state index in [1.165, 1.54) is 11.1 Å². The number of nitrogens with zero attached hydrogens (tertiary/aromatic N) is 1. The van der Waals surface area contributed by atoms with Gasteiger partial charge in [-0.05, 0) is 36.8 Å². The number of nitrogens with one attached hydrogen (secondary N) is 1. The maximum Gasteiger partial charge on any atom is 0.407 e. The van der Waals surface area contributed by atoms with Crippen molar-refractivity contribution in [3.63, 3.8) is 0 Å². The first-order chi connectivity index (χ1) is 11.2. The van der Waals surface area contributed by atoms with Crippen molar-refractivity contribution in [2.75, 3.05) is 19.6 Å². The minimum Gasteiger partial charge on any atom is -0.441 e. The molecule has 1 atom stereocenters. The van der Waals surface area contributed by atoms with Crippen LogP contribution in [0.3, 0.4) is 0 Å². The Morgan fingerprint density at radius 3 is 2.57 bits per heavy atom. The highest BCUT2D eigenvalue weighted by molar-refractivity contribution is 5.80. The molecule has 1 aromatic rings. The van der Waals surface area contributed by atoms with E-state index in [0.29, 0.717) is 13.1 Å². The molecule has 2 aliphatic heterocycles. The van der Waals surface area contributed by atoms with Gasteiger partial charge in [0.25, 0.3) is 0 Å². The Balaban J connectivity index is 1.41. The minimum atomic E-state index is -0.398. The van der Waals surface area contributed by atoms with Gasteiger partial charge in [-0.15, -0.1) is 0 Å². The van der Waals surface area contributed by atoms with Gasteiger partial charge in [0.2, 0.25) is 5.91 Å². The second kappa shape index (κ2) is 5.55. The van der Waals surface area contributed by atoms with Crippen molar-refractivity contribution in [1.82, 2.24) is 10.2 Å². The molecule has 3 aliphatic rings. The molecule has 0 saturated carbocycles. The molecule has 1 aliphatic carbocycles.